The molecule has 1 aromatic rings. The first-order valence-corrected chi connectivity index (χ1v) is 5.46. The van der Waals surface area contributed by atoms with Gasteiger partial charge in [0, 0.05) is 5.69 Å². The molecule has 0 N–H and O–H groups in total. The summed E-state index contributed by atoms with van der Waals surface area (Å²) in [5, 5.41) is 0. The Bertz CT molecular complexity index is 386. The summed E-state index contributed by atoms with van der Waals surface area (Å²) in [6, 6.07) is 4.22. The highest BCUT2D eigenvalue weighted by Gasteiger charge is 2.00. The number of aryl methyl sites for hydroxylation is 2. The molecule has 0 fully saturated rings. The molecule has 0 aliphatic carbocycles. The van der Waals surface area contributed by atoms with Gasteiger partial charge in [-0.3, -0.25) is 4.98 Å². The smallest absolute Gasteiger partial charge is 0.0702 e. The maximum absolute atomic E-state index is 4.59. The van der Waals surface area contributed by atoms with Crippen LogP contribution >= 0.6 is 0 Å². The zero-order valence-electron chi connectivity index (χ0n) is 10.0. The molecule has 0 aliphatic rings. The van der Waals surface area contributed by atoms with E-state index in [0.717, 1.165) is 17.8 Å². The largest absolute Gasteiger partial charge is 0.253 e. The van der Waals surface area contributed by atoms with Gasteiger partial charge in [0.15, 0.2) is 0 Å². The molecule has 1 aromatic heterocycles. The molecule has 1 nitrogen and oxygen atoms in total. The summed E-state index contributed by atoms with van der Waals surface area (Å²) in [6.45, 7) is 8.32. The molecule has 0 atom stereocenters. The molecule has 1 rings (SSSR count). The zero-order valence-corrected chi connectivity index (χ0v) is 10.0. The highest BCUT2D eigenvalue weighted by atomic mass is 14.7. The molecule has 0 unspecified atom stereocenters. The first kappa shape index (κ1) is 11.7. The fourth-order valence-electron chi connectivity index (χ4n) is 1.45. The molecule has 0 spiro atoms. The van der Waals surface area contributed by atoms with Crippen molar-refractivity contribution in [2.75, 3.05) is 0 Å². The second-order valence-corrected chi connectivity index (χ2v) is 3.67. The summed E-state index contributed by atoms with van der Waals surface area (Å²) in [6.07, 6.45) is 7.41. The molecule has 0 saturated heterocycles. The second-order valence-electron chi connectivity index (χ2n) is 3.67. The molecule has 15 heavy (non-hydrogen) atoms. The summed E-state index contributed by atoms with van der Waals surface area (Å²) in [5.41, 5.74) is 4.63. The summed E-state index contributed by atoms with van der Waals surface area (Å²) >= 11 is 0. The number of allylic oxidation sites excluding steroid dienone is 4. The van der Waals surface area contributed by atoms with Crippen LogP contribution in [0.4, 0.5) is 0 Å². The monoisotopic (exact) mass is 201 g/mol. The first-order valence-electron chi connectivity index (χ1n) is 5.46. The number of rotatable bonds is 3. The molecule has 1 heteroatoms. The molecule has 0 radical (unpaired) electrons. The van der Waals surface area contributed by atoms with E-state index in [-0.39, 0.29) is 0 Å². The van der Waals surface area contributed by atoms with Crippen molar-refractivity contribution in [2.24, 2.45) is 0 Å². The highest BCUT2D eigenvalue weighted by Crippen LogP contribution is 2.16. The minimum Gasteiger partial charge on any atom is -0.253 e. The number of pyridine rings is 1. The Balaban J connectivity index is 3.12. The van der Waals surface area contributed by atoms with E-state index < -0.39 is 0 Å². The molecular formula is C14H19N. The maximum Gasteiger partial charge on any atom is 0.0702 e. The van der Waals surface area contributed by atoms with Crippen LogP contribution in [0, 0.1) is 13.8 Å². The van der Waals surface area contributed by atoms with Crippen molar-refractivity contribution in [3.05, 3.63) is 47.3 Å². The van der Waals surface area contributed by atoms with Gasteiger partial charge >= 0.3 is 0 Å². The zero-order chi connectivity index (χ0) is 11.3. The Morgan fingerprint density at radius 3 is 2.60 bits per heavy atom. The van der Waals surface area contributed by atoms with Crippen LogP contribution in [-0.2, 0) is 0 Å². The summed E-state index contributed by atoms with van der Waals surface area (Å²) < 4.78 is 0. The van der Waals surface area contributed by atoms with Gasteiger partial charge in [-0.1, -0.05) is 31.2 Å². The third kappa shape index (κ3) is 3.05. The lowest BCUT2D eigenvalue weighted by Gasteiger charge is -2.05. The van der Waals surface area contributed by atoms with Gasteiger partial charge in [0.1, 0.15) is 0 Å². The maximum atomic E-state index is 4.59. The van der Waals surface area contributed by atoms with Crippen molar-refractivity contribution < 1.29 is 0 Å². The Kier molecular flexibility index (Phi) is 4.29. The van der Waals surface area contributed by atoms with Gasteiger partial charge in [-0.15, -0.1) is 0 Å². The lowest BCUT2D eigenvalue weighted by molar-refractivity contribution is 1.12. The second kappa shape index (κ2) is 5.50. The minimum atomic E-state index is 1.04. The minimum absolute atomic E-state index is 1.04. The van der Waals surface area contributed by atoms with Crippen LogP contribution in [0.2, 0.25) is 0 Å². The Morgan fingerprint density at radius 2 is 2.07 bits per heavy atom. The van der Waals surface area contributed by atoms with E-state index in [1.165, 1.54) is 11.1 Å². The van der Waals surface area contributed by atoms with Crippen LogP contribution in [0.25, 0.3) is 5.57 Å². The van der Waals surface area contributed by atoms with Gasteiger partial charge in [0.05, 0.1) is 5.69 Å². The SMILES string of the molecule is C/C=C\C(=C/CC)c1ccc(C)c(C)n1. The van der Waals surface area contributed by atoms with Crippen molar-refractivity contribution in [3.8, 4) is 0 Å². The average Bonchev–Trinajstić information content (AvgIpc) is 2.22. The molecule has 0 aliphatic heterocycles. The van der Waals surface area contributed by atoms with Crippen LogP contribution in [-0.4, -0.2) is 4.98 Å². The topological polar surface area (TPSA) is 12.9 Å². The molecule has 80 valence electrons. The van der Waals surface area contributed by atoms with E-state index >= 15 is 0 Å². The summed E-state index contributed by atoms with van der Waals surface area (Å²) in [5.74, 6) is 0. The van der Waals surface area contributed by atoms with Crippen molar-refractivity contribution in [1.29, 1.82) is 0 Å². The highest BCUT2D eigenvalue weighted by molar-refractivity contribution is 5.71. The van der Waals surface area contributed by atoms with E-state index in [1.54, 1.807) is 0 Å². The average molecular weight is 201 g/mol. The lowest BCUT2D eigenvalue weighted by Crippen LogP contribution is -1.92. The van der Waals surface area contributed by atoms with E-state index in [9.17, 15) is 0 Å². The standard InChI is InChI=1S/C14H19N/c1-5-7-13(8-6-2)14-10-9-11(3)12(4)15-14/h5,7-10H,6H2,1-4H3/b7-5-,13-8+. The summed E-state index contributed by atoms with van der Waals surface area (Å²) in [4.78, 5) is 4.59. The van der Waals surface area contributed by atoms with Gasteiger partial charge in [-0.05, 0) is 44.4 Å². The van der Waals surface area contributed by atoms with Gasteiger partial charge in [0.25, 0.3) is 0 Å². The van der Waals surface area contributed by atoms with Crippen LogP contribution in [0.3, 0.4) is 0 Å². The quantitative estimate of drug-likeness (QED) is 0.672. The molecule has 1 heterocycles. The molecule has 0 saturated carbocycles. The molecule has 0 bridgehead atoms. The predicted octanol–water partition coefficient (Wildman–Crippen LogP) is 4.07. The molecule has 0 aromatic carbocycles. The van der Waals surface area contributed by atoms with Crippen molar-refractivity contribution in [3.63, 3.8) is 0 Å². The van der Waals surface area contributed by atoms with Crippen LogP contribution in [0.15, 0.2) is 30.4 Å². The van der Waals surface area contributed by atoms with Crippen LogP contribution < -0.4 is 0 Å². The fraction of sp³-hybridized carbons (Fsp3) is 0.357. The predicted molar refractivity (Wildman–Crippen MR) is 66.8 cm³/mol. The fourth-order valence-corrected chi connectivity index (χ4v) is 1.45. The summed E-state index contributed by atoms with van der Waals surface area (Å²) in [7, 11) is 0. The van der Waals surface area contributed by atoms with Gasteiger partial charge in [-0.25, -0.2) is 0 Å². The van der Waals surface area contributed by atoms with Crippen LogP contribution in [0.5, 0.6) is 0 Å². The first-order chi connectivity index (χ1) is 7.19. The number of hydrogen-bond donors (Lipinski definition) is 0. The number of nitrogens with zero attached hydrogens (tertiary/aromatic N) is 1. The van der Waals surface area contributed by atoms with Crippen molar-refractivity contribution >= 4 is 5.57 Å². The van der Waals surface area contributed by atoms with Gasteiger partial charge in [-0.2, -0.15) is 0 Å². The van der Waals surface area contributed by atoms with Gasteiger partial charge < -0.3 is 0 Å². The Hall–Kier alpha value is -1.37. The van der Waals surface area contributed by atoms with E-state index in [1.807, 2.05) is 6.92 Å². The van der Waals surface area contributed by atoms with E-state index in [0.29, 0.717) is 0 Å². The Morgan fingerprint density at radius 1 is 1.33 bits per heavy atom. The Labute approximate surface area is 92.6 Å². The number of hydrogen-bond acceptors (Lipinski definition) is 1. The number of aromatic nitrogens is 1. The van der Waals surface area contributed by atoms with E-state index in [2.05, 4.69) is 56.1 Å². The van der Waals surface area contributed by atoms with E-state index in [4.69, 9.17) is 0 Å². The third-order valence-corrected chi connectivity index (χ3v) is 2.42. The van der Waals surface area contributed by atoms with Crippen LogP contribution in [0.1, 0.15) is 37.2 Å². The molecule has 0 amide bonds. The normalized spacial score (nSPS) is 12.4. The van der Waals surface area contributed by atoms with Crippen molar-refractivity contribution in [1.82, 2.24) is 4.98 Å². The van der Waals surface area contributed by atoms with Crippen molar-refractivity contribution in [2.45, 2.75) is 34.1 Å². The van der Waals surface area contributed by atoms with Gasteiger partial charge in [0.2, 0.25) is 0 Å². The lowest BCUT2D eigenvalue weighted by atomic mass is 10.1. The third-order valence-electron chi connectivity index (χ3n) is 2.42. The molecular weight excluding hydrogens is 182 g/mol.